The first-order chi connectivity index (χ1) is 12.5. The van der Waals surface area contributed by atoms with Crippen molar-refractivity contribution in [3.05, 3.63) is 64.7 Å². The zero-order valence-corrected chi connectivity index (χ0v) is 16.3. The molecule has 0 spiro atoms. The van der Waals surface area contributed by atoms with E-state index in [-0.39, 0.29) is 5.91 Å². The molecule has 2 aromatic carbocycles. The van der Waals surface area contributed by atoms with Gasteiger partial charge >= 0.3 is 0 Å². The van der Waals surface area contributed by atoms with Crippen LogP contribution in [0.3, 0.4) is 0 Å². The van der Waals surface area contributed by atoms with Gasteiger partial charge in [0, 0.05) is 13.1 Å². The first-order valence-electron chi connectivity index (χ1n) is 9.13. The number of hydrogen-bond acceptors (Lipinski definition) is 3. The van der Waals surface area contributed by atoms with Crippen LogP contribution in [0.15, 0.2) is 42.5 Å². The fourth-order valence-corrected chi connectivity index (χ4v) is 3.29. The number of rotatable bonds is 9. The molecule has 0 atom stereocenters. The van der Waals surface area contributed by atoms with E-state index in [0.29, 0.717) is 13.1 Å². The molecule has 0 aliphatic rings. The number of benzene rings is 2. The summed E-state index contributed by atoms with van der Waals surface area (Å²) >= 11 is 0. The summed E-state index contributed by atoms with van der Waals surface area (Å²) in [5.74, 6) is 1.01. The highest BCUT2D eigenvalue weighted by Crippen LogP contribution is 2.24. The molecule has 2 aromatic rings. The number of amides is 1. The van der Waals surface area contributed by atoms with E-state index in [1.165, 1.54) is 11.1 Å². The predicted octanol–water partition coefficient (Wildman–Crippen LogP) is 3.49. The predicted molar refractivity (Wildman–Crippen MR) is 107 cm³/mol. The van der Waals surface area contributed by atoms with Crippen LogP contribution in [-0.4, -0.2) is 38.1 Å². The molecule has 0 radical (unpaired) electrons. The van der Waals surface area contributed by atoms with Gasteiger partial charge in [0.05, 0.1) is 13.7 Å². The van der Waals surface area contributed by atoms with Gasteiger partial charge in [-0.1, -0.05) is 42.5 Å². The lowest BCUT2D eigenvalue weighted by Gasteiger charge is -2.18. The molecule has 2 rings (SSSR count). The summed E-state index contributed by atoms with van der Waals surface area (Å²) in [4.78, 5) is 14.2. The molecule has 0 unspecified atom stereocenters. The average Bonchev–Trinajstić information content (AvgIpc) is 2.59. The minimum absolute atomic E-state index is 0.0718. The van der Waals surface area contributed by atoms with Crippen molar-refractivity contribution in [2.24, 2.45) is 0 Å². The zero-order chi connectivity index (χ0) is 18.9. The third-order valence-corrected chi connectivity index (χ3v) is 4.40. The van der Waals surface area contributed by atoms with Gasteiger partial charge in [0.2, 0.25) is 5.91 Å². The Hall–Kier alpha value is -2.33. The number of carbonyl (C=O) groups excluding carboxylic acids is 1. The highest BCUT2D eigenvalue weighted by atomic mass is 16.5. The minimum atomic E-state index is 0.0718. The third kappa shape index (κ3) is 6.19. The molecule has 0 aromatic heterocycles. The van der Waals surface area contributed by atoms with Crippen LogP contribution in [0.2, 0.25) is 0 Å². The Kier molecular flexibility index (Phi) is 7.67. The molecule has 4 heteroatoms. The molecule has 0 bridgehead atoms. The average molecular weight is 354 g/mol. The number of methoxy groups -OCH3 is 1. The molecule has 1 N–H and O–H groups in total. The monoisotopic (exact) mass is 354 g/mol. The highest BCUT2D eigenvalue weighted by Gasteiger charge is 2.10. The maximum atomic E-state index is 12.1. The highest BCUT2D eigenvalue weighted by molar-refractivity contribution is 5.77. The van der Waals surface area contributed by atoms with Gasteiger partial charge in [-0.15, -0.1) is 0 Å². The fourth-order valence-electron chi connectivity index (χ4n) is 3.29. The van der Waals surface area contributed by atoms with E-state index >= 15 is 0 Å². The maximum Gasteiger partial charge on any atom is 0.234 e. The van der Waals surface area contributed by atoms with Gasteiger partial charge in [0.15, 0.2) is 0 Å². The Morgan fingerprint density at radius 3 is 2.35 bits per heavy atom. The Morgan fingerprint density at radius 2 is 1.73 bits per heavy atom. The van der Waals surface area contributed by atoms with E-state index in [1.807, 2.05) is 30.1 Å². The van der Waals surface area contributed by atoms with Gasteiger partial charge in [-0.25, -0.2) is 0 Å². The van der Waals surface area contributed by atoms with Crippen molar-refractivity contribution in [2.45, 2.75) is 33.2 Å². The normalized spacial score (nSPS) is 10.8. The lowest BCUT2D eigenvalue weighted by molar-refractivity contribution is -0.122. The summed E-state index contributed by atoms with van der Waals surface area (Å²) < 4.78 is 5.41. The molecule has 0 heterocycles. The smallest absolute Gasteiger partial charge is 0.234 e. The summed E-state index contributed by atoms with van der Waals surface area (Å²) in [5, 5.41) is 3.01. The largest absolute Gasteiger partial charge is 0.496 e. The van der Waals surface area contributed by atoms with Gasteiger partial charge in [0.1, 0.15) is 5.75 Å². The number of likely N-dealkylation sites (N-methyl/N-ethyl adjacent to an activating group) is 1. The summed E-state index contributed by atoms with van der Waals surface area (Å²) in [6.45, 7) is 5.95. The minimum Gasteiger partial charge on any atom is -0.496 e. The van der Waals surface area contributed by atoms with Crippen LogP contribution in [-0.2, 0) is 17.8 Å². The van der Waals surface area contributed by atoms with Crippen LogP contribution in [0.1, 0.15) is 28.7 Å². The molecule has 1 amide bonds. The standard InChI is InChI=1S/C22H30N2O2/c1-17-13-20(14-18(2)22(17)26-4)15-24(3)16-21(25)23-12-8-11-19-9-6-5-7-10-19/h5-7,9-10,13-14H,8,11-12,15-16H2,1-4H3,(H,23,25). The fraction of sp³-hybridized carbons (Fsp3) is 0.409. The van der Waals surface area contributed by atoms with E-state index in [9.17, 15) is 4.79 Å². The first-order valence-corrected chi connectivity index (χ1v) is 9.13. The van der Waals surface area contributed by atoms with Gasteiger partial charge in [-0.2, -0.15) is 0 Å². The third-order valence-electron chi connectivity index (χ3n) is 4.40. The molecule has 0 saturated carbocycles. The van der Waals surface area contributed by atoms with Crippen molar-refractivity contribution in [3.63, 3.8) is 0 Å². The second-order valence-electron chi connectivity index (χ2n) is 6.87. The van der Waals surface area contributed by atoms with E-state index < -0.39 is 0 Å². The van der Waals surface area contributed by atoms with Crippen molar-refractivity contribution < 1.29 is 9.53 Å². The summed E-state index contributed by atoms with van der Waals surface area (Å²) in [7, 11) is 3.67. The topological polar surface area (TPSA) is 41.6 Å². The van der Waals surface area contributed by atoms with Crippen molar-refractivity contribution in [2.75, 3.05) is 27.2 Å². The molecule has 0 aliphatic heterocycles. The number of aryl methyl sites for hydroxylation is 3. The summed E-state index contributed by atoms with van der Waals surface area (Å²) in [5.41, 5.74) is 4.76. The molecular formula is C22H30N2O2. The van der Waals surface area contributed by atoms with Crippen molar-refractivity contribution in [1.82, 2.24) is 10.2 Å². The molecule has 0 aliphatic carbocycles. The molecule has 4 nitrogen and oxygen atoms in total. The lowest BCUT2D eigenvalue weighted by Crippen LogP contribution is -2.35. The van der Waals surface area contributed by atoms with Crippen LogP contribution >= 0.6 is 0 Å². The van der Waals surface area contributed by atoms with E-state index in [4.69, 9.17) is 4.74 Å². The van der Waals surface area contributed by atoms with Gasteiger partial charge < -0.3 is 10.1 Å². The van der Waals surface area contributed by atoms with Crippen LogP contribution < -0.4 is 10.1 Å². The van der Waals surface area contributed by atoms with E-state index in [1.54, 1.807) is 7.11 Å². The van der Waals surface area contributed by atoms with Crippen molar-refractivity contribution in [1.29, 1.82) is 0 Å². The van der Waals surface area contributed by atoms with Crippen LogP contribution in [0.25, 0.3) is 0 Å². The molecule has 140 valence electrons. The number of nitrogens with one attached hydrogen (secondary N) is 1. The summed E-state index contributed by atoms with van der Waals surface area (Å²) in [6.07, 6.45) is 1.94. The number of ether oxygens (including phenoxy) is 1. The lowest BCUT2D eigenvalue weighted by atomic mass is 10.1. The Balaban J connectivity index is 1.73. The number of hydrogen-bond donors (Lipinski definition) is 1. The number of carbonyl (C=O) groups is 1. The second-order valence-corrected chi connectivity index (χ2v) is 6.87. The SMILES string of the molecule is COc1c(C)cc(CN(C)CC(=O)NCCCc2ccccc2)cc1C. The molecule has 0 saturated heterocycles. The summed E-state index contributed by atoms with van der Waals surface area (Å²) in [6, 6.07) is 14.6. The van der Waals surface area contributed by atoms with Crippen LogP contribution in [0.5, 0.6) is 5.75 Å². The first kappa shape index (κ1) is 20.0. The van der Waals surface area contributed by atoms with E-state index in [2.05, 4.69) is 43.4 Å². The van der Waals surface area contributed by atoms with Gasteiger partial charge in [0.25, 0.3) is 0 Å². The van der Waals surface area contributed by atoms with Gasteiger partial charge in [-0.3, -0.25) is 9.69 Å². The maximum absolute atomic E-state index is 12.1. The quantitative estimate of drug-likeness (QED) is 0.701. The number of nitrogens with zero attached hydrogens (tertiary/aromatic N) is 1. The zero-order valence-electron chi connectivity index (χ0n) is 16.3. The molecule has 0 fully saturated rings. The molecule has 26 heavy (non-hydrogen) atoms. The van der Waals surface area contributed by atoms with Crippen molar-refractivity contribution in [3.8, 4) is 5.75 Å². The Morgan fingerprint density at radius 1 is 1.08 bits per heavy atom. The van der Waals surface area contributed by atoms with Crippen molar-refractivity contribution >= 4 is 5.91 Å². The van der Waals surface area contributed by atoms with Crippen LogP contribution in [0.4, 0.5) is 0 Å². The van der Waals surface area contributed by atoms with Gasteiger partial charge in [-0.05, 0) is 56.0 Å². The van der Waals surface area contributed by atoms with E-state index in [0.717, 1.165) is 36.3 Å². The molecular weight excluding hydrogens is 324 g/mol. The second kappa shape index (κ2) is 9.97. The Labute approximate surface area is 157 Å². The van der Waals surface area contributed by atoms with Crippen LogP contribution in [0, 0.1) is 13.8 Å². The Bertz CT molecular complexity index is 690.